The summed E-state index contributed by atoms with van der Waals surface area (Å²) in [6.07, 6.45) is 0. The maximum absolute atomic E-state index is 5.84. The molecule has 0 rings (SSSR count). The van der Waals surface area contributed by atoms with Crippen LogP contribution in [0.3, 0.4) is 0 Å². The van der Waals surface area contributed by atoms with Crippen molar-refractivity contribution in [3.8, 4) is 0 Å². The largest absolute Gasteiger partial charge is 0.282 e. The van der Waals surface area contributed by atoms with E-state index in [-0.39, 0.29) is 5.41 Å². The average molecular weight is 285 g/mol. The van der Waals surface area contributed by atoms with Crippen molar-refractivity contribution in [3.05, 3.63) is 0 Å². The molecule has 0 saturated heterocycles. The Morgan fingerprint density at radius 2 is 2.00 bits per heavy atom. The van der Waals surface area contributed by atoms with Crippen molar-refractivity contribution >= 4 is 32.2 Å². The van der Waals surface area contributed by atoms with E-state index in [1.54, 1.807) is 0 Å². The number of nitrogens with zero attached hydrogens (tertiary/aromatic N) is 1. The number of nitrogens with two attached hydrogens (primary N) is 1. The van der Waals surface area contributed by atoms with Crippen LogP contribution < -0.4 is 9.43 Å². The summed E-state index contributed by atoms with van der Waals surface area (Å²) in [6, 6.07) is 0. The molecular weight excluding hydrogens is 269 g/mol. The van der Waals surface area contributed by atoms with Crippen molar-refractivity contribution in [2.24, 2.45) is 16.1 Å². The lowest BCUT2D eigenvalue weighted by Crippen LogP contribution is -2.53. The van der Waals surface area contributed by atoms with E-state index in [9.17, 15) is 0 Å². The van der Waals surface area contributed by atoms with Gasteiger partial charge in [-0.2, -0.15) is 0 Å². The number of rotatable bonds is 4. The summed E-state index contributed by atoms with van der Waals surface area (Å²) in [4.78, 5) is 8.94. The number of halogens is 1. The molecule has 5 heteroatoms. The predicted molar refractivity (Wildman–Crippen MR) is 61.3 cm³/mol. The highest BCUT2D eigenvalue weighted by atomic mass is 127. The van der Waals surface area contributed by atoms with Gasteiger partial charge in [0.05, 0.1) is 0 Å². The fourth-order valence-corrected chi connectivity index (χ4v) is 1.00. The molecule has 12 heavy (non-hydrogen) atoms. The lowest BCUT2D eigenvalue weighted by molar-refractivity contribution is -0.122. The van der Waals surface area contributed by atoms with Gasteiger partial charge in [0.2, 0.25) is 5.85 Å². The van der Waals surface area contributed by atoms with Crippen molar-refractivity contribution in [2.75, 3.05) is 0 Å². The van der Waals surface area contributed by atoms with E-state index in [2.05, 4.69) is 19.9 Å². The van der Waals surface area contributed by atoms with E-state index < -0.39 is 26.9 Å². The first-order valence-corrected chi connectivity index (χ1v) is 6.05. The van der Waals surface area contributed by atoms with Gasteiger partial charge in [0, 0.05) is 5.41 Å². The van der Waals surface area contributed by atoms with Gasteiger partial charge in [0.15, 0.2) is 0 Å². The number of hydrogen-bond donors (Lipinski definition) is 2. The molecule has 0 aliphatic rings. The average Bonchev–Trinajstić information content (AvgIpc) is 1.98. The topological polar surface area (TPSA) is 59.6 Å². The second-order valence-corrected chi connectivity index (χ2v) is 4.62. The first kappa shape index (κ1) is 12.2. The first-order valence-electron chi connectivity index (χ1n) is 3.44. The second-order valence-electron chi connectivity index (χ2n) is 3.42. The minimum absolute atomic E-state index is 0.291. The van der Waals surface area contributed by atoms with Crippen LogP contribution in [0.2, 0.25) is 0 Å². The molecule has 1 atom stereocenters. The standard InChI is InChI=1S/C7H16IN3O/c1-6(2,3)7(9,10-5)12-11-8-4/h11H,4-5,9H2,1-3H3. The second kappa shape index (κ2) is 4.40. The summed E-state index contributed by atoms with van der Waals surface area (Å²) in [7, 11) is 0. The van der Waals surface area contributed by atoms with Gasteiger partial charge in [-0.05, 0) is 27.7 Å². The van der Waals surface area contributed by atoms with Crippen LogP contribution in [0.1, 0.15) is 20.8 Å². The Morgan fingerprint density at radius 1 is 1.50 bits per heavy atom. The Morgan fingerprint density at radius 3 is 2.25 bits per heavy atom. The zero-order valence-electron chi connectivity index (χ0n) is 7.72. The molecular formula is C7H16IN3O. The molecule has 72 valence electrons. The molecule has 0 fully saturated rings. The third kappa shape index (κ3) is 2.89. The summed E-state index contributed by atoms with van der Waals surface area (Å²) in [6.45, 7) is 9.21. The SMILES string of the molecule is C=NC(N)(ONI=C)C(C)(C)C. The molecule has 1 unspecified atom stereocenters. The zero-order valence-corrected chi connectivity index (χ0v) is 9.88. The summed E-state index contributed by atoms with van der Waals surface area (Å²) >= 11 is -0.403. The van der Waals surface area contributed by atoms with E-state index in [1.165, 1.54) is 0 Å². The molecule has 0 radical (unpaired) electrons. The highest BCUT2D eigenvalue weighted by molar-refractivity contribution is 14.2. The molecule has 0 spiro atoms. The Labute approximate surface area is 83.6 Å². The maximum Gasteiger partial charge on any atom is 0.236 e. The van der Waals surface area contributed by atoms with E-state index in [0.29, 0.717) is 0 Å². The highest BCUT2D eigenvalue weighted by Crippen LogP contribution is 2.29. The Hall–Kier alpha value is 0.150. The predicted octanol–water partition coefficient (Wildman–Crippen LogP) is 1.18. The number of nitrogens with one attached hydrogen (secondary N) is 1. The van der Waals surface area contributed by atoms with Crippen LogP contribution in [0.25, 0.3) is 0 Å². The molecule has 0 bridgehead atoms. The van der Waals surface area contributed by atoms with Crippen molar-refractivity contribution in [2.45, 2.75) is 26.6 Å². The molecule has 0 amide bonds. The monoisotopic (exact) mass is 285 g/mol. The number of aliphatic imine (C=N–C) groups is 1. The van der Waals surface area contributed by atoms with Gasteiger partial charge in [0.25, 0.3) is 0 Å². The minimum Gasteiger partial charge on any atom is -0.282 e. The van der Waals surface area contributed by atoms with Gasteiger partial charge in [-0.15, -0.1) is 3.69 Å². The normalized spacial score (nSPS) is 17.0. The third-order valence-corrected chi connectivity index (χ3v) is 2.09. The summed E-state index contributed by atoms with van der Waals surface area (Å²) < 4.78 is 6.35. The quantitative estimate of drug-likeness (QED) is 0.268. The fourth-order valence-electron chi connectivity index (χ4n) is 0.509. The van der Waals surface area contributed by atoms with Crippen LogP contribution in [0.15, 0.2) is 4.99 Å². The lowest BCUT2D eigenvalue weighted by Gasteiger charge is -2.35. The highest BCUT2D eigenvalue weighted by Gasteiger charge is 2.39. The molecule has 0 aromatic heterocycles. The van der Waals surface area contributed by atoms with Crippen molar-refractivity contribution in [1.29, 1.82) is 0 Å². The van der Waals surface area contributed by atoms with Gasteiger partial charge in [0.1, 0.15) is 0 Å². The van der Waals surface area contributed by atoms with Crippen LogP contribution in [0.5, 0.6) is 0 Å². The Kier molecular flexibility index (Phi) is 4.46. The van der Waals surface area contributed by atoms with Gasteiger partial charge in [-0.1, -0.05) is 25.3 Å². The van der Waals surface area contributed by atoms with Crippen LogP contribution in [-0.2, 0) is 4.84 Å². The van der Waals surface area contributed by atoms with Gasteiger partial charge < -0.3 is 0 Å². The summed E-state index contributed by atoms with van der Waals surface area (Å²) in [5, 5.41) is 0. The molecule has 0 saturated carbocycles. The van der Waals surface area contributed by atoms with Gasteiger partial charge in [-0.25, -0.2) is 4.84 Å². The van der Waals surface area contributed by atoms with E-state index in [0.717, 1.165) is 0 Å². The smallest absolute Gasteiger partial charge is 0.236 e. The van der Waals surface area contributed by atoms with Gasteiger partial charge >= 0.3 is 0 Å². The van der Waals surface area contributed by atoms with Crippen LogP contribution >= 0.6 is 21.0 Å². The van der Waals surface area contributed by atoms with E-state index in [4.69, 9.17) is 10.6 Å². The molecule has 0 aliphatic heterocycles. The first-order chi connectivity index (χ1) is 5.37. The Balaban J connectivity index is 4.44. The van der Waals surface area contributed by atoms with E-state index >= 15 is 0 Å². The summed E-state index contributed by atoms with van der Waals surface area (Å²) in [5.74, 6) is -1.08. The van der Waals surface area contributed by atoms with Crippen molar-refractivity contribution in [1.82, 2.24) is 3.69 Å². The minimum atomic E-state index is -1.08. The molecule has 0 aromatic carbocycles. The summed E-state index contributed by atoms with van der Waals surface area (Å²) in [5.41, 5.74) is 5.55. The molecule has 4 nitrogen and oxygen atoms in total. The van der Waals surface area contributed by atoms with E-state index in [1.807, 2.05) is 20.8 Å². The molecule has 0 heterocycles. The van der Waals surface area contributed by atoms with Crippen LogP contribution in [0.4, 0.5) is 0 Å². The van der Waals surface area contributed by atoms with Crippen LogP contribution in [-0.4, -0.2) is 17.1 Å². The molecule has 3 N–H and O–H groups in total. The fraction of sp³-hybridized carbons (Fsp3) is 0.714. The van der Waals surface area contributed by atoms with Gasteiger partial charge in [-0.3, -0.25) is 10.7 Å². The molecule has 0 aliphatic carbocycles. The maximum atomic E-state index is 5.84. The third-order valence-electron chi connectivity index (χ3n) is 1.56. The zero-order chi connectivity index (χ0) is 9.83. The number of hydrogen-bond acceptors (Lipinski definition) is 4. The van der Waals surface area contributed by atoms with Crippen molar-refractivity contribution < 1.29 is 4.84 Å². The molecule has 0 aromatic rings. The van der Waals surface area contributed by atoms with Crippen LogP contribution in [0, 0.1) is 5.41 Å². The van der Waals surface area contributed by atoms with Crippen molar-refractivity contribution in [3.63, 3.8) is 0 Å². The lowest BCUT2D eigenvalue weighted by atomic mass is 9.90. The Bertz CT molecular complexity index is 178.